The van der Waals surface area contributed by atoms with Gasteiger partial charge >= 0.3 is 0 Å². The van der Waals surface area contributed by atoms with Crippen molar-refractivity contribution in [1.29, 1.82) is 0 Å². The Morgan fingerprint density at radius 1 is 1.06 bits per heavy atom. The normalized spacial score (nSPS) is 10.4. The predicted octanol–water partition coefficient (Wildman–Crippen LogP) is 3.26. The summed E-state index contributed by atoms with van der Waals surface area (Å²) < 4.78 is 0. The molecule has 82 valence electrons. The zero-order chi connectivity index (χ0) is 11.7. The van der Waals surface area contributed by atoms with Crippen LogP contribution in [-0.2, 0) is 0 Å². The molecular weight excluding hydrogens is 196 g/mol. The molecule has 0 amide bonds. The number of aromatic nitrogens is 1. The number of nitrogens with two attached hydrogens (primary N) is 1. The number of rotatable bonds is 1. The molecule has 0 unspecified atom stereocenters. The first-order chi connectivity index (χ1) is 7.59. The molecule has 0 aliphatic carbocycles. The number of hydrogen-bond donors (Lipinski definition) is 1. The van der Waals surface area contributed by atoms with Crippen LogP contribution in [0, 0.1) is 20.8 Å². The topological polar surface area (TPSA) is 38.9 Å². The maximum atomic E-state index is 5.72. The summed E-state index contributed by atoms with van der Waals surface area (Å²) in [5.74, 6) is 0.606. The molecular formula is C14H16N2. The SMILES string of the molecule is Cc1cc(-c2cccc(C)c2C)cnc1N. The van der Waals surface area contributed by atoms with Crippen molar-refractivity contribution in [3.05, 3.63) is 47.2 Å². The van der Waals surface area contributed by atoms with Crippen molar-refractivity contribution in [1.82, 2.24) is 4.98 Å². The molecule has 1 heterocycles. The Balaban J connectivity index is 2.59. The van der Waals surface area contributed by atoms with Crippen LogP contribution in [0.25, 0.3) is 11.1 Å². The van der Waals surface area contributed by atoms with Gasteiger partial charge in [0.2, 0.25) is 0 Å². The quantitative estimate of drug-likeness (QED) is 0.788. The third-order valence-corrected chi connectivity index (χ3v) is 3.03. The van der Waals surface area contributed by atoms with E-state index < -0.39 is 0 Å². The lowest BCUT2D eigenvalue weighted by Crippen LogP contribution is -1.95. The summed E-state index contributed by atoms with van der Waals surface area (Å²) in [6, 6.07) is 8.40. The molecule has 0 saturated heterocycles. The van der Waals surface area contributed by atoms with Crippen LogP contribution < -0.4 is 5.73 Å². The van der Waals surface area contributed by atoms with Gasteiger partial charge in [-0.05, 0) is 49.1 Å². The van der Waals surface area contributed by atoms with E-state index in [0.29, 0.717) is 5.82 Å². The average molecular weight is 212 g/mol. The molecule has 2 N–H and O–H groups in total. The molecule has 2 rings (SSSR count). The van der Waals surface area contributed by atoms with E-state index in [2.05, 4.69) is 43.1 Å². The molecule has 16 heavy (non-hydrogen) atoms. The van der Waals surface area contributed by atoms with E-state index in [1.165, 1.54) is 16.7 Å². The number of aryl methyl sites for hydroxylation is 2. The van der Waals surface area contributed by atoms with E-state index in [0.717, 1.165) is 11.1 Å². The van der Waals surface area contributed by atoms with Gasteiger partial charge in [-0.1, -0.05) is 18.2 Å². The van der Waals surface area contributed by atoms with Crippen LogP contribution in [0.5, 0.6) is 0 Å². The standard InChI is InChI=1S/C14H16N2/c1-9-5-4-6-13(11(9)3)12-7-10(2)14(15)16-8-12/h4-8H,1-3H3,(H2,15,16). The van der Waals surface area contributed by atoms with Crippen LogP contribution >= 0.6 is 0 Å². The second-order valence-electron chi connectivity index (χ2n) is 4.17. The first kappa shape index (κ1) is 10.7. The molecule has 2 heteroatoms. The van der Waals surface area contributed by atoms with Crippen molar-refractivity contribution in [3.8, 4) is 11.1 Å². The van der Waals surface area contributed by atoms with E-state index in [9.17, 15) is 0 Å². The van der Waals surface area contributed by atoms with Gasteiger partial charge in [0.1, 0.15) is 5.82 Å². The van der Waals surface area contributed by atoms with Gasteiger partial charge in [-0.15, -0.1) is 0 Å². The van der Waals surface area contributed by atoms with Crippen LogP contribution in [0.1, 0.15) is 16.7 Å². The minimum atomic E-state index is 0.606. The maximum Gasteiger partial charge on any atom is 0.126 e. The van der Waals surface area contributed by atoms with Crippen molar-refractivity contribution >= 4 is 5.82 Å². The molecule has 0 fully saturated rings. The molecule has 2 aromatic rings. The van der Waals surface area contributed by atoms with Crippen molar-refractivity contribution in [3.63, 3.8) is 0 Å². The zero-order valence-electron chi connectivity index (χ0n) is 9.91. The first-order valence-corrected chi connectivity index (χ1v) is 5.38. The van der Waals surface area contributed by atoms with Crippen LogP contribution in [0.4, 0.5) is 5.82 Å². The molecule has 0 saturated carbocycles. The Kier molecular flexibility index (Phi) is 2.65. The summed E-state index contributed by atoms with van der Waals surface area (Å²) in [5.41, 5.74) is 11.7. The number of nitrogen functional groups attached to an aromatic ring is 1. The fourth-order valence-electron chi connectivity index (χ4n) is 1.80. The van der Waals surface area contributed by atoms with Gasteiger partial charge in [-0.25, -0.2) is 4.98 Å². The van der Waals surface area contributed by atoms with Crippen molar-refractivity contribution in [2.45, 2.75) is 20.8 Å². The van der Waals surface area contributed by atoms with Crippen molar-refractivity contribution in [2.75, 3.05) is 5.73 Å². The highest BCUT2D eigenvalue weighted by atomic mass is 14.8. The lowest BCUT2D eigenvalue weighted by molar-refractivity contribution is 1.27. The molecule has 1 aromatic heterocycles. The Bertz CT molecular complexity index is 530. The number of benzene rings is 1. The Labute approximate surface area is 96.1 Å². The number of nitrogens with zero attached hydrogens (tertiary/aromatic N) is 1. The van der Waals surface area contributed by atoms with E-state index in [-0.39, 0.29) is 0 Å². The van der Waals surface area contributed by atoms with Gasteiger partial charge < -0.3 is 5.73 Å². The van der Waals surface area contributed by atoms with E-state index in [4.69, 9.17) is 5.73 Å². The van der Waals surface area contributed by atoms with Crippen LogP contribution in [0.2, 0.25) is 0 Å². The Morgan fingerprint density at radius 2 is 1.81 bits per heavy atom. The Hall–Kier alpha value is -1.83. The lowest BCUT2D eigenvalue weighted by Gasteiger charge is -2.09. The highest BCUT2D eigenvalue weighted by Crippen LogP contribution is 2.26. The van der Waals surface area contributed by atoms with E-state index in [1.807, 2.05) is 13.1 Å². The van der Waals surface area contributed by atoms with Gasteiger partial charge in [0.25, 0.3) is 0 Å². The lowest BCUT2D eigenvalue weighted by atomic mass is 9.97. The fraction of sp³-hybridized carbons (Fsp3) is 0.214. The first-order valence-electron chi connectivity index (χ1n) is 5.38. The second kappa shape index (κ2) is 3.97. The van der Waals surface area contributed by atoms with Gasteiger partial charge in [-0.3, -0.25) is 0 Å². The van der Waals surface area contributed by atoms with Gasteiger partial charge in [0.15, 0.2) is 0 Å². The van der Waals surface area contributed by atoms with Crippen LogP contribution in [0.15, 0.2) is 30.5 Å². The monoisotopic (exact) mass is 212 g/mol. The van der Waals surface area contributed by atoms with E-state index >= 15 is 0 Å². The number of hydrogen-bond acceptors (Lipinski definition) is 2. The van der Waals surface area contributed by atoms with Crippen LogP contribution in [0.3, 0.4) is 0 Å². The zero-order valence-corrected chi connectivity index (χ0v) is 9.91. The maximum absolute atomic E-state index is 5.72. The summed E-state index contributed by atoms with van der Waals surface area (Å²) in [6.07, 6.45) is 1.84. The summed E-state index contributed by atoms with van der Waals surface area (Å²) in [6.45, 7) is 6.24. The smallest absolute Gasteiger partial charge is 0.126 e. The van der Waals surface area contributed by atoms with Crippen LogP contribution in [-0.4, -0.2) is 4.98 Å². The van der Waals surface area contributed by atoms with Gasteiger partial charge in [0, 0.05) is 11.8 Å². The fourth-order valence-corrected chi connectivity index (χ4v) is 1.80. The largest absolute Gasteiger partial charge is 0.383 e. The summed E-state index contributed by atoms with van der Waals surface area (Å²) in [5, 5.41) is 0. The molecule has 0 radical (unpaired) electrons. The van der Waals surface area contributed by atoms with Gasteiger partial charge in [0.05, 0.1) is 0 Å². The predicted molar refractivity (Wildman–Crippen MR) is 68.3 cm³/mol. The summed E-state index contributed by atoms with van der Waals surface area (Å²) in [7, 11) is 0. The molecule has 0 aliphatic heterocycles. The minimum absolute atomic E-state index is 0.606. The van der Waals surface area contributed by atoms with Gasteiger partial charge in [-0.2, -0.15) is 0 Å². The average Bonchev–Trinajstić information content (AvgIpc) is 2.26. The molecule has 0 atom stereocenters. The number of pyridine rings is 1. The number of anilines is 1. The highest BCUT2D eigenvalue weighted by molar-refractivity contribution is 5.69. The highest BCUT2D eigenvalue weighted by Gasteiger charge is 2.05. The molecule has 0 aliphatic rings. The van der Waals surface area contributed by atoms with E-state index in [1.54, 1.807) is 0 Å². The second-order valence-corrected chi connectivity index (χ2v) is 4.17. The third kappa shape index (κ3) is 1.78. The van der Waals surface area contributed by atoms with Crippen molar-refractivity contribution in [2.24, 2.45) is 0 Å². The summed E-state index contributed by atoms with van der Waals surface area (Å²) >= 11 is 0. The summed E-state index contributed by atoms with van der Waals surface area (Å²) in [4.78, 5) is 4.20. The molecule has 0 spiro atoms. The third-order valence-electron chi connectivity index (χ3n) is 3.03. The minimum Gasteiger partial charge on any atom is -0.383 e. The molecule has 2 nitrogen and oxygen atoms in total. The molecule has 1 aromatic carbocycles. The van der Waals surface area contributed by atoms with Crippen molar-refractivity contribution < 1.29 is 0 Å². The Morgan fingerprint density at radius 3 is 2.50 bits per heavy atom. The molecule has 0 bridgehead atoms.